The van der Waals surface area contributed by atoms with Gasteiger partial charge in [0.1, 0.15) is 11.9 Å². The van der Waals surface area contributed by atoms with Crippen molar-refractivity contribution in [1.82, 2.24) is 10.2 Å². The highest BCUT2D eigenvalue weighted by Crippen LogP contribution is 2.10. The molecule has 1 atom stereocenters. The van der Waals surface area contributed by atoms with Crippen LogP contribution in [0.5, 0.6) is 0 Å². The second kappa shape index (κ2) is 10.9. The molecule has 0 bridgehead atoms. The van der Waals surface area contributed by atoms with Gasteiger partial charge in [0.25, 0.3) is 5.91 Å². The summed E-state index contributed by atoms with van der Waals surface area (Å²) in [6, 6.07) is 13.4. The molecule has 0 saturated heterocycles. The fraction of sp³-hybridized carbons (Fsp3) is 0.318. The minimum Gasteiger partial charge on any atom is -0.454 e. The number of urea groups is 1. The lowest BCUT2D eigenvalue weighted by molar-refractivity contribution is -0.154. The third-order valence-electron chi connectivity index (χ3n) is 4.37. The van der Waals surface area contributed by atoms with Crippen LogP contribution in [0.3, 0.4) is 0 Å². The predicted molar refractivity (Wildman–Crippen MR) is 111 cm³/mol. The van der Waals surface area contributed by atoms with E-state index in [1.54, 1.807) is 56.3 Å². The Kier molecular flexibility index (Phi) is 8.34. The molecule has 0 aliphatic heterocycles. The van der Waals surface area contributed by atoms with E-state index in [9.17, 15) is 18.8 Å². The predicted octanol–water partition coefficient (Wildman–Crippen LogP) is 3.17. The fourth-order valence-electron chi connectivity index (χ4n) is 2.63. The van der Waals surface area contributed by atoms with Gasteiger partial charge in [-0.1, -0.05) is 50.2 Å². The summed E-state index contributed by atoms with van der Waals surface area (Å²) < 4.78 is 18.8. The van der Waals surface area contributed by atoms with E-state index in [-0.39, 0.29) is 12.5 Å². The number of carbonyl (C=O) groups is 3. The lowest BCUT2D eigenvalue weighted by Crippen LogP contribution is -2.47. The number of hydrogen-bond acceptors (Lipinski definition) is 4. The van der Waals surface area contributed by atoms with Crippen molar-refractivity contribution in [2.75, 3.05) is 19.0 Å². The Balaban J connectivity index is 1.87. The number of ether oxygens (including phenoxy) is 1. The van der Waals surface area contributed by atoms with E-state index in [4.69, 9.17) is 4.74 Å². The van der Waals surface area contributed by atoms with E-state index < -0.39 is 36.4 Å². The van der Waals surface area contributed by atoms with Crippen molar-refractivity contribution in [2.24, 2.45) is 5.92 Å². The molecule has 0 saturated carbocycles. The summed E-state index contributed by atoms with van der Waals surface area (Å²) in [7, 11) is 1.49. The SMILES string of the molecule is CC(C)[C@@H](NC(=O)Nc1ccccc1)C(=O)OCC(=O)N(C)Cc1ccccc1F. The molecular formula is C22H26FN3O4. The number of esters is 1. The number of likely N-dealkylation sites (N-methyl/N-ethyl adjacent to an activating group) is 1. The monoisotopic (exact) mass is 415 g/mol. The molecule has 0 radical (unpaired) electrons. The number of nitrogens with one attached hydrogen (secondary N) is 2. The van der Waals surface area contributed by atoms with Gasteiger partial charge in [0.2, 0.25) is 0 Å². The summed E-state index contributed by atoms with van der Waals surface area (Å²) in [4.78, 5) is 38.1. The Morgan fingerprint density at radius 1 is 1.03 bits per heavy atom. The normalized spacial score (nSPS) is 11.5. The Labute approximate surface area is 175 Å². The van der Waals surface area contributed by atoms with Crippen molar-refractivity contribution in [1.29, 1.82) is 0 Å². The summed E-state index contributed by atoms with van der Waals surface area (Å²) >= 11 is 0. The van der Waals surface area contributed by atoms with Crippen LogP contribution in [0, 0.1) is 11.7 Å². The van der Waals surface area contributed by atoms with Crippen LogP contribution in [0.1, 0.15) is 19.4 Å². The Morgan fingerprint density at radius 3 is 2.30 bits per heavy atom. The van der Waals surface area contributed by atoms with Crippen LogP contribution in [-0.2, 0) is 20.9 Å². The van der Waals surface area contributed by atoms with Gasteiger partial charge in [0.15, 0.2) is 6.61 Å². The third-order valence-corrected chi connectivity index (χ3v) is 4.37. The van der Waals surface area contributed by atoms with Crippen LogP contribution < -0.4 is 10.6 Å². The zero-order valence-corrected chi connectivity index (χ0v) is 17.2. The molecule has 0 aliphatic carbocycles. The lowest BCUT2D eigenvalue weighted by atomic mass is 10.1. The van der Waals surface area contributed by atoms with E-state index >= 15 is 0 Å². The van der Waals surface area contributed by atoms with Gasteiger partial charge in [-0.25, -0.2) is 14.0 Å². The van der Waals surface area contributed by atoms with Crippen LogP contribution in [0.2, 0.25) is 0 Å². The third kappa shape index (κ3) is 6.88. The first kappa shape index (κ1) is 22.9. The smallest absolute Gasteiger partial charge is 0.329 e. The number of halogens is 1. The van der Waals surface area contributed by atoms with Crippen molar-refractivity contribution in [3.05, 3.63) is 66.0 Å². The second-order valence-corrected chi connectivity index (χ2v) is 7.14. The van der Waals surface area contributed by atoms with Gasteiger partial charge in [-0.15, -0.1) is 0 Å². The quantitative estimate of drug-likeness (QED) is 0.649. The number of benzene rings is 2. The van der Waals surface area contributed by atoms with Crippen molar-refractivity contribution < 1.29 is 23.5 Å². The summed E-state index contributed by atoms with van der Waals surface area (Å²) in [5.41, 5.74) is 0.940. The number of para-hydroxylation sites is 1. The van der Waals surface area contributed by atoms with Crippen molar-refractivity contribution in [3.63, 3.8) is 0 Å². The molecule has 3 amide bonds. The standard InChI is InChI=1S/C22H26FN3O4/c1-15(2)20(25-22(29)24-17-10-5-4-6-11-17)21(28)30-14-19(27)26(3)13-16-9-7-8-12-18(16)23/h4-12,15,20H,13-14H2,1-3H3,(H2,24,25,29)/t20-/m1/s1. The summed E-state index contributed by atoms with van der Waals surface area (Å²) in [5.74, 6) is -1.88. The van der Waals surface area contributed by atoms with E-state index in [2.05, 4.69) is 10.6 Å². The van der Waals surface area contributed by atoms with Crippen molar-refractivity contribution in [3.8, 4) is 0 Å². The molecule has 0 aliphatic rings. The summed E-state index contributed by atoms with van der Waals surface area (Å²) in [6.07, 6.45) is 0. The van der Waals surface area contributed by atoms with Gasteiger partial charge in [-0.05, 0) is 24.1 Å². The second-order valence-electron chi connectivity index (χ2n) is 7.14. The Hall–Kier alpha value is -3.42. The first-order valence-electron chi connectivity index (χ1n) is 9.54. The van der Waals surface area contributed by atoms with Gasteiger partial charge in [-0.3, -0.25) is 4.79 Å². The molecule has 2 rings (SSSR count). The molecule has 30 heavy (non-hydrogen) atoms. The molecule has 160 valence electrons. The van der Waals surface area contributed by atoms with Gasteiger partial charge < -0.3 is 20.3 Å². The van der Waals surface area contributed by atoms with Crippen LogP contribution in [0.15, 0.2) is 54.6 Å². The molecule has 8 heteroatoms. The number of carbonyl (C=O) groups excluding carboxylic acids is 3. The highest BCUT2D eigenvalue weighted by Gasteiger charge is 2.27. The molecular weight excluding hydrogens is 389 g/mol. The maximum absolute atomic E-state index is 13.7. The number of nitrogens with zero attached hydrogens (tertiary/aromatic N) is 1. The number of rotatable bonds is 8. The number of anilines is 1. The average molecular weight is 415 g/mol. The van der Waals surface area contributed by atoms with E-state index in [1.165, 1.54) is 18.0 Å². The summed E-state index contributed by atoms with van der Waals surface area (Å²) in [5, 5.41) is 5.20. The van der Waals surface area contributed by atoms with Crippen LogP contribution in [0.25, 0.3) is 0 Å². The zero-order valence-electron chi connectivity index (χ0n) is 17.2. The lowest BCUT2D eigenvalue weighted by Gasteiger charge is -2.22. The highest BCUT2D eigenvalue weighted by atomic mass is 19.1. The fourth-order valence-corrected chi connectivity index (χ4v) is 2.63. The van der Waals surface area contributed by atoms with Gasteiger partial charge in [-0.2, -0.15) is 0 Å². The number of amides is 3. The van der Waals surface area contributed by atoms with Gasteiger partial charge in [0, 0.05) is 24.8 Å². The largest absolute Gasteiger partial charge is 0.454 e. The average Bonchev–Trinajstić information content (AvgIpc) is 2.72. The van der Waals surface area contributed by atoms with Crippen LogP contribution in [0.4, 0.5) is 14.9 Å². The summed E-state index contributed by atoms with van der Waals surface area (Å²) in [6.45, 7) is 3.05. The van der Waals surface area contributed by atoms with Gasteiger partial charge >= 0.3 is 12.0 Å². The van der Waals surface area contributed by atoms with Gasteiger partial charge in [0.05, 0.1) is 0 Å². The van der Waals surface area contributed by atoms with E-state index in [1.807, 2.05) is 6.07 Å². The molecule has 0 fully saturated rings. The molecule has 2 aromatic carbocycles. The molecule has 2 N–H and O–H groups in total. The molecule has 2 aromatic rings. The van der Waals surface area contributed by atoms with E-state index in [0.717, 1.165) is 0 Å². The van der Waals surface area contributed by atoms with Crippen molar-refractivity contribution >= 4 is 23.6 Å². The Bertz CT molecular complexity index is 874. The molecule has 0 unspecified atom stereocenters. The minimum atomic E-state index is -0.932. The topological polar surface area (TPSA) is 87.7 Å². The van der Waals surface area contributed by atoms with E-state index in [0.29, 0.717) is 11.3 Å². The number of hydrogen-bond donors (Lipinski definition) is 2. The van der Waals surface area contributed by atoms with Crippen LogP contribution in [-0.4, -0.2) is 42.5 Å². The first-order valence-corrected chi connectivity index (χ1v) is 9.54. The molecule has 0 spiro atoms. The maximum atomic E-state index is 13.7. The van der Waals surface area contributed by atoms with Crippen LogP contribution >= 0.6 is 0 Å². The molecule has 0 heterocycles. The minimum absolute atomic E-state index is 0.0500. The molecule has 0 aromatic heterocycles. The first-order chi connectivity index (χ1) is 14.3. The highest BCUT2D eigenvalue weighted by molar-refractivity contribution is 5.93. The molecule has 7 nitrogen and oxygen atoms in total. The Morgan fingerprint density at radius 2 is 1.67 bits per heavy atom. The van der Waals surface area contributed by atoms with Crippen molar-refractivity contribution in [2.45, 2.75) is 26.4 Å². The maximum Gasteiger partial charge on any atom is 0.329 e. The zero-order chi connectivity index (χ0) is 22.1.